The summed E-state index contributed by atoms with van der Waals surface area (Å²) < 4.78 is 2.09. The van der Waals surface area contributed by atoms with E-state index in [0.717, 1.165) is 22.2 Å². The van der Waals surface area contributed by atoms with Gasteiger partial charge in [0.1, 0.15) is 5.56 Å². The number of nitrogens with one attached hydrogen (secondary N) is 1. The highest BCUT2D eigenvalue weighted by Gasteiger charge is 2.20. The van der Waals surface area contributed by atoms with E-state index in [2.05, 4.69) is 16.0 Å². The van der Waals surface area contributed by atoms with Crippen LogP contribution in [-0.4, -0.2) is 15.4 Å². The standard InChI is InChI=1S/C18H16ClN3O3/c1-11-7-13-8-12(3-5-16(13)21(11)2)10-20-18(23)15-9-14(19)4-6-17(15)22(24)25/h3-9H,10H2,1-2H3,(H,20,23). The summed E-state index contributed by atoms with van der Waals surface area (Å²) in [5.41, 5.74) is 2.85. The minimum Gasteiger partial charge on any atom is -0.348 e. The molecule has 0 spiro atoms. The molecule has 0 saturated carbocycles. The predicted molar refractivity (Wildman–Crippen MR) is 96.9 cm³/mol. The Hall–Kier alpha value is -2.86. The quantitative estimate of drug-likeness (QED) is 0.566. The van der Waals surface area contributed by atoms with Crippen LogP contribution in [0.25, 0.3) is 10.9 Å². The molecule has 1 aromatic heterocycles. The van der Waals surface area contributed by atoms with Gasteiger partial charge in [-0.2, -0.15) is 0 Å². The van der Waals surface area contributed by atoms with Crippen LogP contribution in [0, 0.1) is 17.0 Å². The van der Waals surface area contributed by atoms with Gasteiger partial charge in [0, 0.05) is 41.3 Å². The van der Waals surface area contributed by atoms with Crippen molar-refractivity contribution in [3.05, 3.63) is 74.4 Å². The van der Waals surface area contributed by atoms with Gasteiger partial charge in [0.25, 0.3) is 11.6 Å². The molecule has 0 aliphatic rings. The van der Waals surface area contributed by atoms with Crippen molar-refractivity contribution in [2.75, 3.05) is 0 Å². The third kappa shape index (κ3) is 3.34. The van der Waals surface area contributed by atoms with E-state index in [4.69, 9.17) is 11.6 Å². The lowest BCUT2D eigenvalue weighted by Crippen LogP contribution is -2.23. The first-order valence-corrected chi connectivity index (χ1v) is 8.01. The van der Waals surface area contributed by atoms with Crippen molar-refractivity contribution in [1.29, 1.82) is 0 Å². The SMILES string of the molecule is Cc1cc2cc(CNC(=O)c3cc(Cl)ccc3[N+](=O)[O-])ccc2n1C. The Morgan fingerprint density at radius 2 is 2.00 bits per heavy atom. The Morgan fingerprint density at radius 3 is 2.72 bits per heavy atom. The predicted octanol–water partition coefficient (Wildman–Crippen LogP) is 3.98. The van der Waals surface area contributed by atoms with Crippen LogP contribution in [0.2, 0.25) is 5.02 Å². The number of aryl methyl sites for hydroxylation is 2. The molecule has 0 saturated heterocycles. The number of aromatic nitrogens is 1. The highest BCUT2D eigenvalue weighted by molar-refractivity contribution is 6.31. The topological polar surface area (TPSA) is 77.2 Å². The lowest BCUT2D eigenvalue weighted by molar-refractivity contribution is -0.385. The third-order valence-corrected chi connectivity index (χ3v) is 4.43. The molecule has 7 heteroatoms. The number of hydrogen-bond acceptors (Lipinski definition) is 3. The summed E-state index contributed by atoms with van der Waals surface area (Å²) in [4.78, 5) is 22.8. The van der Waals surface area contributed by atoms with Crippen molar-refractivity contribution in [1.82, 2.24) is 9.88 Å². The van der Waals surface area contributed by atoms with E-state index in [-0.39, 0.29) is 22.8 Å². The fraction of sp³-hybridized carbons (Fsp3) is 0.167. The van der Waals surface area contributed by atoms with E-state index in [1.54, 1.807) is 0 Å². The summed E-state index contributed by atoms with van der Waals surface area (Å²) in [5.74, 6) is -0.529. The first-order chi connectivity index (χ1) is 11.9. The van der Waals surface area contributed by atoms with E-state index < -0.39 is 10.8 Å². The molecule has 0 fully saturated rings. The second kappa shape index (κ2) is 6.57. The largest absolute Gasteiger partial charge is 0.348 e. The average molecular weight is 358 g/mol. The van der Waals surface area contributed by atoms with Crippen LogP contribution in [0.15, 0.2) is 42.5 Å². The zero-order valence-electron chi connectivity index (χ0n) is 13.7. The summed E-state index contributed by atoms with van der Waals surface area (Å²) in [5, 5.41) is 15.1. The number of benzene rings is 2. The third-order valence-electron chi connectivity index (χ3n) is 4.20. The van der Waals surface area contributed by atoms with Gasteiger partial charge in [-0.15, -0.1) is 0 Å². The lowest BCUT2D eigenvalue weighted by atomic mass is 10.1. The highest BCUT2D eigenvalue weighted by Crippen LogP contribution is 2.23. The first kappa shape index (κ1) is 17.0. The van der Waals surface area contributed by atoms with Gasteiger partial charge in [-0.1, -0.05) is 17.7 Å². The highest BCUT2D eigenvalue weighted by atomic mass is 35.5. The molecule has 3 aromatic rings. The van der Waals surface area contributed by atoms with Crippen molar-refractivity contribution in [2.45, 2.75) is 13.5 Å². The Bertz CT molecular complexity index is 995. The Labute approximate surface area is 149 Å². The van der Waals surface area contributed by atoms with Crippen LogP contribution >= 0.6 is 11.6 Å². The van der Waals surface area contributed by atoms with Gasteiger partial charge in [0.15, 0.2) is 0 Å². The number of carbonyl (C=O) groups is 1. The number of amides is 1. The fourth-order valence-electron chi connectivity index (χ4n) is 2.77. The maximum absolute atomic E-state index is 12.3. The minimum atomic E-state index is -0.593. The van der Waals surface area contributed by atoms with E-state index in [0.29, 0.717) is 0 Å². The molecule has 6 nitrogen and oxygen atoms in total. The lowest BCUT2D eigenvalue weighted by Gasteiger charge is -2.07. The molecule has 0 aliphatic carbocycles. The second-order valence-electron chi connectivity index (χ2n) is 5.84. The van der Waals surface area contributed by atoms with Crippen LogP contribution in [0.1, 0.15) is 21.6 Å². The number of halogens is 1. The Kier molecular flexibility index (Phi) is 4.46. The van der Waals surface area contributed by atoms with E-state index in [1.165, 1.54) is 18.2 Å². The van der Waals surface area contributed by atoms with Gasteiger partial charge >= 0.3 is 0 Å². The molecular weight excluding hydrogens is 342 g/mol. The fourth-order valence-corrected chi connectivity index (χ4v) is 2.95. The molecule has 0 unspecified atom stereocenters. The number of nitro groups is 1. The van der Waals surface area contributed by atoms with Crippen LogP contribution in [-0.2, 0) is 13.6 Å². The minimum absolute atomic E-state index is 0.0471. The van der Waals surface area contributed by atoms with E-state index in [9.17, 15) is 14.9 Å². The number of carbonyl (C=O) groups excluding carboxylic acids is 1. The van der Waals surface area contributed by atoms with Crippen LogP contribution in [0.5, 0.6) is 0 Å². The molecule has 0 radical (unpaired) electrons. The molecule has 0 aliphatic heterocycles. The molecule has 128 valence electrons. The number of nitrogens with zero attached hydrogens (tertiary/aromatic N) is 2. The number of rotatable bonds is 4. The Morgan fingerprint density at radius 1 is 1.24 bits per heavy atom. The summed E-state index contributed by atoms with van der Waals surface area (Å²) in [6, 6.07) is 11.9. The molecule has 3 rings (SSSR count). The molecule has 1 amide bonds. The van der Waals surface area contributed by atoms with Gasteiger partial charge < -0.3 is 9.88 Å². The second-order valence-corrected chi connectivity index (χ2v) is 6.28. The first-order valence-electron chi connectivity index (χ1n) is 7.64. The molecule has 1 heterocycles. The van der Waals surface area contributed by atoms with Crippen LogP contribution in [0.3, 0.4) is 0 Å². The maximum atomic E-state index is 12.3. The maximum Gasteiger partial charge on any atom is 0.282 e. The van der Waals surface area contributed by atoms with Gasteiger partial charge in [-0.05, 0) is 42.8 Å². The number of hydrogen-bond donors (Lipinski definition) is 1. The zero-order valence-corrected chi connectivity index (χ0v) is 14.5. The molecular formula is C18H16ClN3O3. The summed E-state index contributed by atoms with van der Waals surface area (Å²) in [6.07, 6.45) is 0. The zero-order chi connectivity index (χ0) is 18.1. The van der Waals surface area contributed by atoms with Crippen molar-refractivity contribution in [3.63, 3.8) is 0 Å². The van der Waals surface area contributed by atoms with Crippen LogP contribution < -0.4 is 5.32 Å². The summed E-state index contributed by atoms with van der Waals surface area (Å²) in [7, 11) is 2.00. The van der Waals surface area contributed by atoms with Gasteiger partial charge in [-0.3, -0.25) is 14.9 Å². The molecule has 1 N–H and O–H groups in total. The summed E-state index contributed by atoms with van der Waals surface area (Å²) >= 11 is 5.86. The van der Waals surface area contributed by atoms with Crippen molar-refractivity contribution >= 4 is 34.1 Å². The number of fused-ring (bicyclic) bond motifs is 1. The van der Waals surface area contributed by atoms with Crippen molar-refractivity contribution < 1.29 is 9.72 Å². The summed E-state index contributed by atoms with van der Waals surface area (Å²) in [6.45, 7) is 2.30. The van der Waals surface area contributed by atoms with Crippen molar-refractivity contribution in [2.24, 2.45) is 7.05 Å². The monoisotopic (exact) mass is 357 g/mol. The van der Waals surface area contributed by atoms with E-state index >= 15 is 0 Å². The molecule has 25 heavy (non-hydrogen) atoms. The van der Waals surface area contributed by atoms with Gasteiger partial charge in [-0.25, -0.2) is 0 Å². The normalized spacial score (nSPS) is 10.8. The number of nitro benzene ring substituents is 1. The van der Waals surface area contributed by atoms with Gasteiger partial charge in [0.05, 0.1) is 4.92 Å². The van der Waals surface area contributed by atoms with Gasteiger partial charge in [0.2, 0.25) is 0 Å². The van der Waals surface area contributed by atoms with Crippen molar-refractivity contribution in [3.8, 4) is 0 Å². The molecule has 0 atom stereocenters. The smallest absolute Gasteiger partial charge is 0.282 e. The average Bonchev–Trinajstić information content (AvgIpc) is 2.86. The molecule has 2 aromatic carbocycles. The molecule has 0 bridgehead atoms. The van der Waals surface area contributed by atoms with E-state index in [1.807, 2.05) is 32.2 Å². The Balaban J connectivity index is 1.81. The van der Waals surface area contributed by atoms with Crippen LogP contribution in [0.4, 0.5) is 5.69 Å².